The van der Waals surface area contributed by atoms with Crippen molar-refractivity contribution in [1.29, 1.82) is 0 Å². The van der Waals surface area contributed by atoms with Crippen LogP contribution in [-0.4, -0.2) is 44.2 Å². The Bertz CT molecular complexity index is 1280. The Kier molecular flexibility index (Phi) is 7.96. The fraction of sp³-hybridized carbons (Fsp3) is 0.423. The number of carbonyl (C=O) groups is 1. The van der Waals surface area contributed by atoms with Crippen LogP contribution in [-0.2, 0) is 4.79 Å². The van der Waals surface area contributed by atoms with Gasteiger partial charge in [0.2, 0.25) is 5.91 Å². The zero-order valence-corrected chi connectivity index (χ0v) is 22.6. The van der Waals surface area contributed by atoms with Crippen molar-refractivity contribution >= 4 is 34.9 Å². The number of nitrogens with two attached hydrogens (primary N) is 2. The van der Waals surface area contributed by atoms with Gasteiger partial charge in [-0.3, -0.25) is 9.48 Å². The molecular formula is C26H31Cl2FN6O2. The second-order valence-electron chi connectivity index (χ2n) is 10.1. The van der Waals surface area contributed by atoms with Crippen molar-refractivity contribution in [3.63, 3.8) is 0 Å². The number of carbonyl (C=O) groups excluding carboxylic acids is 1. The smallest absolute Gasteiger partial charge is 0.224 e. The fourth-order valence-corrected chi connectivity index (χ4v) is 5.12. The molecule has 1 saturated heterocycles. The van der Waals surface area contributed by atoms with Gasteiger partial charge in [-0.25, -0.2) is 9.37 Å². The number of nitrogen functional groups attached to an aromatic ring is 1. The van der Waals surface area contributed by atoms with Crippen molar-refractivity contribution in [2.45, 2.75) is 57.7 Å². The second-order valence-corrected chi connectivity index (χ2v) is 10.9. The van der Waals surface area contributed by atoms with Gasteiger partial charge in [-0.05, 0) is 51.8 Å². The van der Waals surface area contributed by atoms with E-state index in [4.69, 9.17) is 39.4 Å². The molecule has 4 N–H and O–H groups in total. The summed E-state index contributed by atoms with van der Waals surface area (Å²) in [6.07, 6.45) is 6.62. The van der Waals surface area contributed by atoms with E-state index in [9.17, 15) is 9.18 Å². The van der Waals surface area contributed by atoms with Crippen LogP contribution in [0.5, 0.6) is 5.75 Å². The molecule has 3 aromatic rings. The molecule has 11 heteroatoms. The predicted octanol–water partition coefficient (Wildman–Crippen LogP) is 5.40. The Morgan fingerprint density at radius 2 is 1.95 bits per heavy atom. The van der Waals surface area contributed by atoms with Gasteiger partial charge >= 0.3 is 0 Å². The number of anilines is 1. The molecule has 198 valence electrons. The first-order valence-electron chi connectivity index (χ1n) is 12.1. The fourth-order valence-electron chi connectivity index (χ4n) is 4.44. The van der Waals surface area contributed by atoms with Gasteiger partial charge in [-0.2, -0.15) is 5.10 Å². The van der Waals surface area contributed by atoms with Crippen LogP contribution in [0, 0.1) is 5.82 Å². The summed E-state index contributed by atoms with van der Waals surface area (Å²) in [5.74, 6) is 0.0120. The lowest BCUT2D eigenvalue weighted by Crippen LogP contribution is -2.44. The summed E-state index contributed by atoms with van der Waals surface area (Å²) in [5, 5.41) is 4.76. The summed E-state index contributed by atoms with van der Waals surface area (Å²) in [7, 11) is 0. The largest absolute Gasteiger partial charge is 0.482 e. The van der Waals surface area contributed by atoms with E-state index in [1.165, 1.54) is 12.1 Å². The number of hydrogen-bond donors (Lipinski definition) is 2. The third kappa shape index (κ3) is 6.34. The number of pyridine rings is 1. The maximum atomic E-state index is 14.0. The minimum atomic E-state index is -0.671. The first-order valence-corrected chi connectivity index (χ1v) is 12.9. The number of aromatic nitrogens is 3. The van der Waals surface area contributed by atoms with Crippen molar-refractivity contribution in [1.82, 2.24) is 19.7 Å². The minimum absolute atomic E-state index is 0.0858. The molecule has 1 atom stereocenters. The molecular weight excluding hydrogens is 518 g/mol. The number of hydrogen-bond acceptors (Lipinski definition) is 6. The van der Waals surface area contributed by atoms with Gasteiger partial charge in [-0.1, -0.05) is 23.2 Å². The molecule has 1 unspecified atom stereocenters. The van der Waals surface area contributed by atoms with Crippen LogP contribution in [0.3, 0.4) is 0 Å². The topological polar surface area (TPSA) is 112 Å². The van der Waals surface area contributed by atoms with Gasteiger partial charge in [-0.15, -0.1) is 0 Å². The standard InChI is InChI=1S/C26H31Cl2FN6O2/c1-15(23-19(27)4-5-20(29)24(23)28)37-21-10-16(12-32-25(21)30)17-13-33-35(14-17)18-6-8-34(9-7-18)22(36)11-26(2,3)31/h4-5,10,12-15,18H,6-9,11,31H2,1-3H3,(H2,30,32). The van der Waals surface area contributed by atoms with Crippen molar-refractivity contribution in [2.24, 2.45) is 5.73 Å². The molecule has 1 aliphatic heterocycles. The average Bonchev–Trinajstić information content (AvgIpc) is 3.32. The summed E-state index contributed by atoms with van der Waals surface area (Å²) in [5.41, 5.74) is 13.5. The normalized spacial score (nSPS) is 15.6. The van der Waals surface area contributed by atoms with Crippen LogP contribution in [0.25, 0.3) is 11.1 Å². The van der Waals surface area contributed by atoms with Gasteiger partial charge in [0.25, 0.3) is 0 Å². The number of piperidine rings is 1. The Morgan fingerprint density at radius 1 is 1.24 bits per heavy atom. The molecule has 1 amide bonds. The lowest BCUT2D eigenvalue weighted by molar-refractivity contribution is -0.133. The van der Waals surface area contributed by atoms with E-state index in [1.807, 2.05) is 29.6 Å². The first kappa shape index (κ1) is 27.2. The van der Waals surface area contributed by atoms with Crippen LogP contribution in [0.15, 0.2) is 36.8 Å². The molecule has 8 nitrogen and oxygen atoms in total. The highest BCUT2D eigenvalue weighted by atomic mass is 35.5. The maximum Gasteiger partial charge on any atom is 0.224 e. The molecule has 2 aromatic heterocycles. The van der Waals surface area contributed by atoms with E-state index in [0.717, 1.165) is 24.0 Å². The highest BCUT2D eigenvalue weighted by molar-refractivity contribution is 6.36. The molecule has 0 radical (unpaired) electrons. The van der Waals surface area contributed by atoms with Gasteiger partial charge in [0.1, 0.15) is 11.9 Å². The Labute approximate surface area is 225 Å². The van der Waals surface area contributed by atoms with Gasteiger partial charge in [0.15, 0.2) is 11.6 Å². The average molecular weight is 549 g/mol. The highest BCUT2D eigenvalue weighted by Crippen LogP contribution is 2.37. The SMILES string of the molecule is CC(Oc1cc(-c2cnn(C3CCN(C(=O)CC(C)(C)N)CC3)c2)cnc1N)c1c(Cl)ccc(F)c1Cl. The van der Waals surface area contributed by atoms with Crippen molar-refractivity contribution in [3.8, 4) is 16.9 Å². The van der Waals surface area contributed by atoms with E-state index in [0.29, 0.717) is 35.8 Å². The molecule has 0 spiro atoms. The van der Waals surface area contributed by atoms with Crippen LogP contribution < -0.4 is 16.2 Å². The third-order valence-corrected chi connectivity index (χ3v) is 7.12. The molecule has 0 aliphatic carbocycles. The summed E-state index contributed by atoms with van der Waals surface area (Å²) in [4.78, 5) is 18.6. The lowest BCUT2D eigenvalue weighted by atomic mass is 9.99. The zero-order chi connectivity index (χ0) is 26.9. The highest BCUT2D eigenvalue weighted by Gasteiger charge is 2.27. The minimum Gasteiger partial charge on any atom is -0.482 e. The van der Waals surface area contributed by atoms with Crippen LogP contribution in [0.2, 0.25) is 10.0 Å². The monoisotopic (exact) mass is 548 g/mol. The van der Waals surface area contributed by atoms with E-state index >= 15 is 0 Å². The molecule has 4 rings (SSSR count). The van der Waals surface area contributed by atoms with Crippen LogP contribution >= 0.6 is 23.2 Å². The number of rotatable bonds is 7. The summed E-state index contributed by atoms with van der Waals surface area (Å²) in [6.45, 7) is 6.76. The summed E-state index contributed by atoms with van der Waals surface area (Å²) in [6, 6.07) is 4.58. The number of likely N-dealkylation sites (tertiary alicyclic amines) is 1. The van der Waals surface area contributed by atoms with Crippen molar-refractivity contribution < 1.29 is 13.9 Å². The van der Waals surface area contributed by atoms with E-state index in [1.54, 1.807) is 25.4 Å². The number of halogens is 3. The number of benzene rings is 1. The van der Waals surface area contributed by atoms with Crippen LogP contribution in [0.4, 0.5) is 10.2 Å². The van der Waals surface area contributed by atoms with Gasteiger partial charge < -0.3 is 21.1 Å². The van der Waals surface area contributed by atoms with Crippen molar-refractivity contribution in [3.05, 3.63) is 58.2 Å². The van der Waals surface area contributed by atoms with Crippen molar-refractivity contribution in [2.75, 3.05) is 18.8 Å². The maximum absolute atomic E-state index is 14.0. The zero-order valence-electron chi connectivity index (χ0n) is 21.0. The quantitative estimate of drug-likeness (QED) is 0.382. The Hall–Kier alpha value is -2.88. The molecule has 0 saturated carbocycles. The predicted molar refractivity (Wildman–Crippen MR) is 143 cm³/mol. The van der Waals surface area contributed by atoms with E-state index in [2.05, 4.69) is 10.1 Å². The molecule has 1 aliphatic rings. The van der Waals surface area contributed by atoms with Gasteiger partial charge in [0, 0.05) is 59.2 Å². The lowest BCUT2D eigenvalue weighted by Gasteiger charge is -2.33. The second kappa shape index (κ2) is 10.8. The molecule has 1 fully saturated rings. The number of nitrogens with zero attached hydrogens (tertiary/aromatic N) is 4. The Balaban J connectivity index is 1.45. The molecule has 37 heavy (non-hydrogen) atoms. The number of ether oxygens (including phenoxy) is 1. The Morgan fingerprint density at radius 3 is 2.62 bits per heavy atom. The summed E-state index contributed by atoms with van der Waals surface area (Å²) < 4.78 is 21.9. The van der Waals surface area contributed by atoms with E-state index in [-0.39, 0.29) is 22.8 Å². The van der Waals surface area contributed by atoms with E-state index < -0.39 is 17.5 Å². The third-order valence-electron chi connectivity index (χ3n) is 6.40. The summed E-state index contributed by atoms with van der Waals surface area (Å²) >= 11 is 12.4. The van der Waals surface area contributed by atoms with Gasteiger partial charge in [0.05, 0.1) is 17.3 Å². The molecule has 3 heterocycles. The van der Waals surface area contributed by atoms with Crippen LogP contribution in [0.1, 0.15) is 57.7 Å². The molecule has 0 bridgehead atoms. The molecule has 1 aromatic carbocycles. The first-order chi connectivity index (χ1) is 17.4. The number of amides is 1.